The van der Waals surface area contributed by atoms with Gasteiger partial charge in [0.1, 0.15) is 0 Å². The van der Waals surface area contributed by atoms with Gasteiger partial charge in [-0.2, -0.15) is 0 Å². The smallest absolute Gasteiger partial charge is 0.331 e. The summed E-state index contributed by atoms with van der Waals surface area (Å²) in [5.74, 6) is 1.20. The van der Waals surface area contributed by atoms with Gasteiger partial charge in [-0.3, -0.25) is 0 Å². The Balaban J connectivity index is 1.86. The minimum absolute atomic E-state index is 0.580. The molecule has 3 aliphatic carbocycles. The van der Waals surface area contributed by atoms with Gasteiger partial charge in [-0.1, -0.05) is 76.2 Å². The fraction of sp³-hybridized carbons (Fsp3) is 0.864. The molecule has 1 N–H and O–H groups in total. The van der Waals surface area contributed by atoms with Gasteiger partial charge >= 0.3 is 5.97 Å². The molecule has 0 atom stereocenters. The van der Waals surface area contributed by atoms with Crippen LogP contribution in [-0.2, 0) is 4.79 Å². The molecule has 0 aromatic heterocycles. The Morgan fingerprint density at radius 1 is 0.667 bits per heavy atom. The van der Waals surface area contributed by atoms with E-state index in [0.717, 1.165) is 12.0 Å². The molecule has 0 bridgehead atoms. The summed E-state index contributed by atoms with van der Waals surface area (Å²) in [6.45, 7) is 0. The fourth-order valence-corrected chi connectivity index (χ4v) is 5.66. The molecular weight excluding hydrogens is 296 g/mol. The van der Waals surface area contributed by atoms with E-state index in [0.29, 0.717) is 17.8 Å². The van der Waals surface area contributed by atoms with Crippen molar-refractivity contribution in [1.29, 1.82) is 0 Å². The third-order valence-corrected chi connectivity index (χ3v) is 6.91. The SMILES string of the molecule is O=C(O)C(CC1CCCCC1)=C(C1CCCCC1)C1CCCCC1. The number of allylic oxidation sites excluding steroid dienone is 1. The number of rotatable bonds is 5. The molecule has 0 unspecified atom stereocenters. The molecule has 0 aromatic rings. The first-order valence-electron chi connectivity index (χ1n) is 10.7. The second-order valence-electron chi connectivity index (χ2n) is 8.62. The van der Waals surface area contributed by atoms with Crippen LogP contribution in [0.1, 0.15) is 103 Å². The summed E-state index contributed by atoms with van der Waals surface area (Å²) >= 11 is 0. The van der Waals surface area contributed by atoms with E-state index < -0.39 is 5.97 Å². The first kappa shape index (κ1) is 18.0. The number of carbonyl (C=O) groups is 1. The van der Waals surface area contributed by atoms with Crippen molar-refractivity contribution in [2.75, 3.05) is 0 Å². The molecule has 3 fully saturated rings. The van der Waals surface area contributed by atoms with Crippen LogP contribution in [-0.4, -0.2) is 11.1 Å². The summed E-state index contributed by atoms with van der Waals surface area (Å²) in [5.41, 5.74) is 2.29. The molecule has 0 saturated heterocycles. The molecule has 3 saturated carbocycles. The van der Waals surface area contributed by atoms with Crippen LogP contribution in [0.25, 0.3) is 0 Å². The first-order valence-corrected chi connectivity index (χ1v) is 10.7. The van der Waals surface area contributed by atoms with E-state index in [4.69, 9.17) is 0 Å². The summed E-state index contributed by atoms with van der Waals surface area (Å²) in [4.78, 5) is 12.2. The minimum Gasteiger partial charge on any atom is -0.478 e. The maximum Gasteiger partial charge on any atom is 0.331 e. The Labute approximate surface area is 148 Å². The van der Waals surface area contributed by atoms with Gasteiger partial charge in [0.2, 0.25) is 0 Å². The van der Waals surface area contributed by atoms with Gasteiger partial charge in [0.15, 0.2) is 0 Å². The van der Waals surface area contributed by atoms with Crippen molar-refractivity contribution < 1.29 is 9.90 Å². The molecule has 0 aliphatic heterocycles. The molecule has 0 aromatic carbocycles. The van der Waals surface area contributed by atoms with Crippen molar-refractivity contribution in [2.24, 2.45) is 17.8 Å². The second kappa shape index (κ2) is 9.06. The third kappa shape index (κ3) is 4.64. The topological polar surface area (TPSA) is 37.3 Å². The van der Waals surface area contributed by atoms with Crippen molar-refractivity contribution in [1.82, 2.24) is 0 Å². The van der Waals surface area contributed by atoms with Crippen LogP contribution < -0.4 is 0 Å². The largest absolute Gasteiger partial charge is 0.478 e. The molecule has 2 heteroatoms. The summed E-state index contributed by atoms with van der Waals surface area (Å²) < 4.78 is 0. The summed E-state index contributed by atoms with van der Waals surface area (Å²) in [5, 5.41) is 10.1. The maximum atomic E-state index is 12.2. The number of aliphatic carboxylic acids is 1. The monoisotopic (exact) mass is 332 g/mol. The Kier molecular flexibility index (Phi) is 6.80. The molecular formula is C22H36O2. The molecule has 2 nitrogen and oxygen atoms in total. The Bertz CT molecular complexity index is 413. The Hall–Kier alpha value is -0.790. The maximum absolute atomic E-state index is 12.2. The van der Waals surface area contributed by atoms with Crippen LogP contribution in [0.2, 0.25) is 0 Å². The van der Waals surface area contributed by atoms with Crippen molar-refractivity contribution in [3.05, 3.63) is 11.1 Å². The number of carboxylic acid groups (broad SMARTS) is 1. The number of hydrogen-bond acceptors (Lipinski definition) is 1. The van der Waals surface area contributed by atoms with Gasteiger partial charge in [-0.25, -0.2) is 4.79 Å². The van der Waals surface area contributed by atoms with E-state index in [-0.39, 0.29) is 0 Å². The van der Waals surface area contributed by atoms with Crippen LogP contribution in [0.3, 0.4) is 0 Å². The minimum atomic E-state index is -0.591. The van der Waals surface area contributed by atoms with E-state index in [2.05, 4.69) is 0 Å². The zero-order valence-electron chi connectivity index (χ0n) is 15.4. The standard InChI is InChI=1S/C22H36O2/c23-22(24)20(16-17-10-4-1-5-11-17)21(18-12-6-2-7-13-18)19-14-8-3-9-15-19/h17-19H,1-16H2,(H,23,24). The molecule has 136 valence electrons. The summed E-state index contributed by atoms with van der Waals surface area (Å²) in [7, 11) is 0. The average Bonchev–Trinajstić information content (AvgIpc) is 2.64. The van der Waals surface area contributed by atoms with Gasteiger partial charge in [0.05, 0.1) is 0 Å². The van der Waals surface area contributed by atoms with Crippen molar-refractivity contribution in [3.63, 3.8) is 0 Å². The van der Waals surface area contributed by atoms with Crippen molar-refractivity contribution >= 4 is 5.97 Å². The quantitative estimate of drug-likeness (QED) is 0.583. The first-order chi connectivity index (χ1) is 11.8. The molecule has 0 heterocycles. The molecule has 0 spiro atoms. The highest BCUT2D eigenvalue weighted by Gasteiger charge is 2.31. The van der Waals surface area contributed by atoms with E-state index in [1.807, 2.05) is 0 Å². The molecule has 0 amide bonds. The van der Waals surface area contributed by atoms with E-state index in [1.54, 1.807) is 0 Å². The van der Waals surface area contributed by atoms with Gasteiger partial charge < -0.3 is 5.11 Å². The lowest BCUT2D eigenvalue weighted by Crippen LogP contribution is -2.24. The van der Waals surface area contributed by atoms with Crippen LogP contribution in [0, 0.1) is 17.8 Å². The van der Waals surface area contributed by atoms with Crippen LogP contribution in [0.15, 0.2) is 11.1 Å². The predicted octanol–water partition coefficient (Wildman–Crippen LogP) is 6.50. The van der Waals surface area contributed by atoms with Crippen LogP contribution >= 0.6 is 0 Å². The van der Waals surface area contributed by atoms with Gasteiger partial charge in [0, 0.05) is 5.57 Å². The molecule has 3 rings (SSSR count). The van der Waals surface area contributed by atoms with Gasteiger partial charge in [-0.15, -0.1) is 0 Å². The average molecular weight is 333 g/mol. The zero-order chi connectivity index (χ0) is 16.8. The molecule has 3 aliphatic rings. The van der Waals surface area contributed by atoms with E-state index in [9.17, 15) is 9.90 Å². The third-order valence-electron chi connectivity index (χ3n) is 6.91. The Morgan fingerprint density at radius 3 is 1.50 bits per heavy atom. The lowest BCUT2D eigenvalue weighted by Gasteiger charge is -2.35. The van der Waals surface area contributed by atoms with Crippen LogP contribution in [0.4, 0.5) is 0 Å². The molecule has 24 heavy (non-hydrogen) atoms. The van der Waals surface area contributed by atoms with E-state index in [1.165, 1.54) is 102 Å². The second-order valence-corrected chi connectivity index (χ2v) is 8.62. The highest BCUT2D eigenvalue weighted by molar-refractivity contribution is 5.87. The highest BCUT2D eigenvalue weighted by Crippen LogP contribution is 2.43. The van der Waals surface area contributed by atoms with Gasteiger partial charge in [-0.05, 0) is 49.9 Å². The Morgan fingerprint density at radius 2 is 1.08 bits per heavy atom. The van der Waals surface area contributed by atoms with Crippen LogP contribution in [0.5, 0.6) is 0 Å². The summed E-state index contributed by atoms with van der Waals surface area (Å²) in [6, 6.07) is 0. The number of hydrogen-bond donors (Lipinski definition) is 1. The van der Waals surface area contributed by atoms with Gasteiger partial charge in [0.25, 0.3) is 0 Å². The summed E-state index contributed by atoms with van der Waals surface area (Å²) in [6.07, 6.45) is 20.2. The molecule has 0 radical (unpaired) electrons. The predicted molar refractivity (Wildman–Crippen MR) is 99.0 cm³/mol. The van der Waals surface area contributed by atoms with Crippen molar-refractivity contribution in [2.45, 2.75) is 103 Å². The lowest BCUT2D eigenvalue weighted by molar-refractivity contribution is -0.133. The highest BCUT2D eigenvalue weighted by atomic mass is 16.4. The lowest BCUT2D eigenvalue weighted by atomic mass is 9.70. The zero-order valence-corrected chi connectivity index (χ0v) is 15.4. The van der Waals surface area contributed by atoms with Crippen molar-refractivity contribution in [3.8, 4) is 0 Å². The fourth-order valence-electron chi connectivity index (χ4n) is 5.66. The number of carboxylic acids is 1. The van der Waals surface area contributed by atoms with E-state index >= 15 is 0 Å². The normalized spacial score (nSPS) is 24.7.